The average molecular weight is 335 g/mol. The summed E-state index contributed by atoms with van der Waals surface area (Å²) in [6, 6.07) is 9.71. The zero-order chi connectivity index (χ0) is 14.3. The van der Waals surface area contributed by atoms with Gasteiger partial charge >= 0.3 is 0 Å². The fraction of sp³-hybridized carbons (Fsp3) is 0.133. The second kappa shape index (κ2) is 4.90. The lowest BCUT2D eigenvalue weighted by atomic mass is 10.1. The topological polar surface area (TPSA) is 46.3 Å². The molecule has 3 rings (SSSR count). The van der Waals surface area contributed by atoms with Gasteiger partial charge in [0.1, 0.15) is 5.82 Å². The van der Waals surface area contributed by atoms with Gasteiger partial charge in [0.05, 0.1) is 15.7 Å². The Hall–Kier alpha value is -1.88. The van der Waals surface area contributed by atoms with Crippen molar-refractivity contribution in [2.24, 2.45) is 0 Å². The van der Waals surface area contributed by atoms with Crippen molar-refractivity contribution in [1.82, 2.24) is 0 Å². The van der Waals surface area contributed by atoms with E-state index in [1.54, 1.807) is 29.2 Å². The molecule has 1 aliphatic heterocycles. The Labute approximate surface area is 124 Å². The van der Waals surface area contributed by atoms with Crippen molar-refractivity contribution in [2.45, 2.75) is 6.42 Å². The normalized spacial score (nSPS) is 13.4. The predicted octanol–water partition coefficient (Wildman–Crippen LogP) is 3.37. The highest BCUT2D eigenvalue weighted by molar-refractivity contribution is 9.10. The van der Waals surface area contributed by atoms with Gasteiger partial charge in [0, 0.05) is 12.2 Å². The Morgan fingerprint density at radius 1 is 1.30 bits per heavy atom. The Balaban J connectivity index is 2.02. The lowest BCUT2D eigenvalue weighted by molar-refractivity contribution is 0.0988. The third-order valence-electron chi connectivity index (χ3n) is 3.45. The average Bonchev–Trinajstić information content (AvgIpc) is 2.84. The van der Waals surface area contributed by atoms with E-state index in [2.05, 4.69) is 15.9 Å². The highest BCUT2D eigenvalue weighted by atomic mass is 79.9. The van der Waals surface area contributed by atoms with Crippen LogP contribution < -0.4 is 10.6 Å². The first-order valence-electron chi connectivity index (χ1n) is 6.22. The van der Waals surface area contributed by atoms with Gasteiger partial charge in [-0.2, -0.15) is 0 Å². The molecule has 0 aliphatic carbocycles. The van der Waals surface area contributed by atoms with E-state index in [-0.39, 0.29) is 11.7 Å². The number of fused-ring (bicyclic) bond motifs is 1. The summed E-state index contributed by atoms with van der Waals surface area (Å²) in [7, 11) is 0. The molecule has 5 heteroatoms. The molecule has 0 saturated carbocycles. The molecule has 0 fully saturated rings. The molecule has 2 aromatic rings. The first-order valence-corrected chi connectivity index (χ1v) is 7.01. The lowest BCUT2D eigenvalue weighted by Gasteiger charge is -2.18. The fourth-order valence-corrected chi connectivity index (χ4v) is 2.86. The Morgan fingerprint density at radius 3 is 2.90 bits per heavy atom. The summed E-state index contributed by atoms with van der Waals surface area (Å²) < 4.78 is 14.0. The van der Waals surface area contributed by atoms with E-state index < -0.39 is 0 Å². The van der Waals surface area contributed by atoms with Crippen molar-refractivity contribution in [3.8, 4) is 0 Å². The number of nitrogen functional groups attached to an aromatic ring is 1. The molecular formula is C15H12BrFN2O. The van der Waals surface area contributed by atoms with Crippen LogP contribution in [-0.4, -0.2) is 12.5 Å². The lowest BCUT2D eigenvalue weighted by Crippen LogP contribution is -2.29. The minimum Gasteiger partial charge on any atom is -0.398 e. The van der Waals surface area contributed by atoms with Gasteiger partial charge in [0.15, 0.2) is 0 Å². The fourth-order valence-electron chi connectivity index (χ4n) is 2.42. The van der Waals surface area contributed by atoms with E-state index in [0.29, 0.717) is 28.0 Å². The summed E-state index contributed by atoms with van der Waals surface area (Å²) in [5.74, 6) is -0.511. The summed E-state index contributed by atoms with van der Waals surface area (Å²) in [6.07, 6.45) is 0.737. The van der Waals surface area contributed by atoms with Crippen molar-refractivity contribution >= 4 is 33.2 Å². The van der Waals surface area contributed by atoms with Crippen LogP contribution in [0.5, 0.6) is 0 Å². The van der Waals surface area contributed by atoms with Crippen molar-refractivity contribution < 1.29 is 9.18 Å². The Morgan fingerprint density at radius 2 is 2.10 bits per heavy atom. The SMILES string of the molecule is Nc1cccc(C(=O)N2CCc3ccc(F)cc32)c1Br. The van der Waals surface area contributed by atoms with Gasteiger partial charge in [0.25, 0.3) is 5.91 Å². The molecule has 0 spiro atoms. The standard InChI is InChI=1S/C15H12BrFN2O/c16-14-11(2-1-3-12(14)18)15(20)19-7-6-9-4-5-10(17)8-13(9)19/h1-5,8H,6-7,18H2. The first kappa shape index (κ1) is 13.1. The number of hydrogen-bond acceptors (Lipinski definition) is 2. The molecular weight excluding hydrogens is 323 g/mol. The number of rotatable bonds is 1. The minimum atomic E-state index is -0.338. The van der Waals surface area contributed by atoms with Gasteiger partial charge in [-0.15, -0.1) is 0 Å². The monoisotopic (exact) mass is 334 g/mol. The number of benzene rings is 2. The summed E-state index contributed by atoms with van der Waals surface area (Å²) in [5, 5.41) is 0. The second-order valence-electron chi connectivity index (χ2n) is 4.69. The van der Waals surface area contributed by atoms with Crippen LogP contribution in [0.1, 0.15) is 15.9 Å². The number of nitrogens with zero attached hydrogens (tertiary/aromatic N) is 1. The van der Waals surface area contributed by atoms with Crippen molar-refractivity contribution in [3.63, 3.8) is 0 Å². The van der Waals surface area contributed by atoms with E-state index >= 15 is 0 Å². The maximum Gasteiger partial charge on any atom is 0.259 e. The van der Waals surface area contributed by atoms with Crippen LogP contribution in [0.25, 0.3) is 0 Å². The third-order valence-corrected chi connectivity index (χ3v) is 4.33. The number of anilines is 2. The van der Waals surface area contributed by atoms with Crippen LogP contribution in [0.3, 0.4) is 0 Å². The van der Waals surface area contributed by atoms with Crippen LogP contribution >= 0.6 is 15.9 Å². The van der Waals surface area contributed by atoms with E-state index in [0.717, 1.165) is 12.0 Å². The van der Waals surface area contributed by atoms with Gasteiger partial charge in [-0.1, -0.05) is 12.1 Å². The molecule has 3 nitrogen and oxygen atoms in total. The second-order valence-corrected chi connectivity index (χ2v) is 5.48. The van der Waals surface area contributed by atoms with Gasteiger partial charge in [-0.05, 0) is 52.2 Å². The number of carbonyl (C=O) groups is 1. The summed E-state index contributed by atoms with van der Waals surface area (Å²) in [5.41, 5.74) is 8.42. The maximum absolute atomic E-state index is 13.4. The summed E-state index contributed by atoms with van der Waals surface area (Å²) in [6.45, 7) is 0.554. The highest BCUT2D eigenvalue weighted by Crippen LogP contribution is 2.32. The molecule has 102 valence electrons. The summed E-state index contributed by atoms with van der Waals surface area (Å²) >= 11 is 3.34. The van der Waals surface area contributed by atoms with Crippen molar-refractivity contribution in [3.05, 3.63) is 57.8 Å². The number of nitrogens with two attached hydrogens (primary N) is 1. The van der Waals surface area contributed by atoms with Gasteiger partial charge in [0.2, 0.25) is 0 Å². The van der Waals surface area contributed by atoms with E-state index in [4.69, 9.17) is 5.73 Å². The van der Waals surface area contributed by atoms with Gasteiger partial charge in [-0.3, -0.25) is 4.79 Å². The smallest absolute Gasteiger partial charge is 0.259 e. The highest BCUT2D eigenvalue weighted by Gasteiger charge is 2.27. The van der Waals surface area contributed by atoms with E-state index in [1.165, 1.54) is 12.1 Å². The molecule has 1 aliphatic rings. The quantitative estimate of drug-likeness (QED) is 0.812. The van der Waals surface area contributed by atoms with Crippen molar-refractivity contribution in [1.29, 1.82) is 0 Å². The Bertz CT molecular complexity index is 702. The molecule has 2 aromatic carbocycles. The summed E-state index contributed by atoms with van der Waals surface area (Å²) in [4.78, 5) is 14.2. The molecule has 0 aromatic heterocycles. The number of halogens is 2. The molecule has 1 amide bonds. The van der Waals surface area contributed by atoms with Crippen LogP contribution in [0, 0.1) is 5.82 Å². The molecule has 0 bridgehead atoms. The largest absolute Gasteiger partial charge is 0.398 e. The molecule has 1 heterocycles. The van der Waals surface area contributed by atoms with Crippen molar-refractivity contribution in [2.75, 3.05) is 17.2 Å². The minimum absolute atomic E-state index is 0.173. The number of hydrogen-bond donors (Lipinski definition) is 1. The zero-order valence-corrected chi connectivity index (χ0v) is 12.2. The molecule has 20 heavy (non-hydrogen) atoms. The molecule has 0 unspecified atom stereocenters. The maximum atomic E-state index is 13.4. The predicted molar refractivity (Wildman–Crippen MR) is 80.3 cm³/mol. The molecule has 0 atom stereocenters. The van der Waals surface area contributed by atoms with Crippen LogP contribution in [0.4, 0.5) is 15.8 Å². The third kappa shape index (κ3) is 2.08. The van der Waals surface area contributed by atoms with E-state index in [1.807, 2.05) is 0 Å². The van der Waals surface area contributed by atoms with Gasteiger partial charge in [-0.25, -0.2) is 4.39 Å². The zero-order valence-electron chi connectivity index (χ0n) is 10.6. The molecule has 0 radical (unpaired) electrons. The van der Waals surface area contributed by atoms with Crippen LogP contribution in [-0.2, 0) is 6.42 Å². The van der Waals surface area contributed by atoms with Crippen LogP contribution in [0.2, 0.25) is 0 Å². The molecule has 2 N–H and O–H groups in total. The molecule has 0 saturated heterocycles. The number of carbonyl (C=O) groups excluding carboxylic acids is 1. The van der Waals surface area contributed by atoms with E-state index in [9.17, 15) is 9.18 Å². The van der Waals surface area contributed by atoms with Gasteiger partial charge < -0.3 is 10.6 Å². The Kier molecular flexibility index (Phi) is 3.22. The first-order chi connectivity index (χ1) is 9.58. The van der Waals surface area contributed by atoms with Crippen LogP contribution in [0.15, 0.2) is 40.9 Å². The number of amides is 1.